The van der Waals surface area contributed by atoms with E-state index >= 15 is 0 Å². The van der Waals surface area contributed by atoms with Crippen LogP contribution in [0.5, 0.6) is 0 Å². The Morgan fingerprint density at radius 3 is 1.62 bits per heavy atom. The highest BCUT2D eigenvalue weighted by atomic mass is 16.7. The normalized spacial score (nSPS) is 19.7. The van der Waals surface area contributed by atoms with Gasteiger partial charge in [0.2, 0.25) is 35.8 Å². The van der Waals surface area contributed by atoms with Crippen LogP contribution >= 0.6 is 0 Å². The van der Waals surface area contributed by atoms with Crippen LogP contribution in [0.2, 0.25) is 0 Å². The lowest BCUT2D eigenvalue weighted by atomic mass is 9.97. The van der Waals surface area contributed by atoms with E-state index in [-0.39, 0.29) is 87.8 Å². The van der Waals surface area contributed by atoms with E-state index in [1.165, 1.54) is 7.05 Å². The SMILES string of the molecule is CNC(CO)[C@H](O)[C@H](O)[C@@H](O)[C@@H](C=O)O[C@@H]1O[C@@H](COC(=O)CCC(=O)N([O-])CCCCCNC(=O)CCC(=O)N([O-])CCCCCNC(=O)CCC(=O)N([O-])CCCCCO)[C@H](O)[C@@H](O)/C1=N\O. The van der Waals surface area contributed by atoms with E-state index in [0.717, 1.165) is 0 Å². The van der Waals surface area contributed by atoms with Crippen molar-refractivity contribution in [2.24, 2.45) is 5.16 Å². The van der Waals surface area contributed by atoms with Crippen LogP contribution in [0, 0.1) is 15.6 Å². The highest BCUT2D eigenvalue weighted by Crippen LogP contribution is 2.23. The summed E-state index contributed by atoms with van der Waals surface area (Å²) in [5.74, 6) is -4.32. The van der Waals surface area contributed by atoms with Crippen molar-refractivity contribution in [1.82, 2.24) is 31.1 Å². The molecule has 28 nitrogen and oxygen atoms in total. The number of esters is 1. The van der Waals surface area contributed by atoms with E-state index in [1.54, 1.807) is 0 Å². The minimum atomic E-state index is -2.16. The largest absolute Gasteiger partial charge is 0.756 e. The van der Waals surface area contributed by atoms with Crippen LogP contribution in [0.4, 0.5) is 0 Å². The number of nitrogens with one attached hydrogen (secondary N) is 3. The molecule has 1 aliphatic rings. The molecular weight excluding hydrogens is 926 g/mol. The Kier molecular flexibility index (Phi) is 32.2. The van der Waals surface area contributed by atoms with Gasteiger partial charge in [-0.1, -0.05) is 5.16 Å². The van der Waals surface area contributed by atoms with Crippen LogP contribution in [0.3, 0.4) is 0 Å². The maximum absolute atomic E-state index is 12.4. The molecule has 0 aromatic rings. The van der Waals surface area contributed by atoms with Gasteiger partial charge in [0.15, 0.2) is 6.29 Å². The molecule has 1 saturated heterocycles. The lowest BCUT2D eigenvalue weighted by Crippen LogP contribution is -2.60. The molecule has 0 bridgehead atoms. The summed E-state index contributed by atoms with van der Waals surface area (Å²) >= 11 is 0. The van der Waals surface area contributed by atoms with E-state index in [4.69, 9.17) is 19.3 Å². The molecule has 0 aromatic carbocycles. The summed E-state index contributed by atoms with van der Waals surface area (Å²) in [7, 11) is 1.34. The van der Waals surface area contributed by atoms with Crippen molar-refractivity contribution in [2.75, 3.05) is 59.6 Å². The number of carbonyl (C=O) groups excluding carboxylic acids is 7. The lowest BCUT2D eigenvalue weighted by molar-refractivity contribution is -0.232. The fraction of sp³-hybridized carbons (Fsp3) is 0.805. The van der Waals surface area contributed by atoms with Crippen LogP contribution < -0.4 is 16.0 Å². The van der Waals surface area contributed by atoms with Gasteiger partial charge < -0.3 is 107 Å². The van der Waals surface area contributed by atoms with Crippen molar-refractivity contribution in [3.8, 4) is 0 Å². The average molecular weight is 997 g/mol. The number of ether oxygens (including phenoxy) is 3. The molecule has 5 amide bonds. The second-order valence-corrected chi connectivity index (χ2v) is 16.0. The predicted molar refractivity (Wildman–Crippen MR) is 237 cm³/mol. The van der Waals surface area contributed by atoms with Gasteiger partial charge in [0.1, 0.15) is 55.0 Å². The van der Waals surface area contributed by atoms with E-state index in [0.29, 0.717) is 56.4 Å². The zero-order valence-electron chi connectivity index (χ0n) is 38.7. The Bertz CT molecular complexity index is 1580. The van der Waals surface area contributed by atoms with Gasteiger partial charge in [-0.25, -0.2) is 0 Å². The first kappa shape index (κ1) is 62.5. The summed E-state index contributed by atoms with van der Waals surface area (Å²) in [6.07, 6.45) is -13.6. The number of hydroxylamine groups is 6. The molecule has 0 aromatic heterocycles. The Morgan fingerprint density at radius 2 is 1.19 bits per heavy atom. The molecule has 398 valence electrons. The van der Waals surface area contributed by atoms with E-state index in [1.807, 2.05) is 0 Å². The molecular formula is C41H70N7O21-3. The number of carbonyl (C=O) groups is 7. The Hall–Kier alpha value is -4.56. The molecule has 28 heteroatoms. The second kappa shape index (κ2) is 35.5. The van der Waals surface area contributed by atoms with Gasteiger partial charge in [-0.15, -0.1) is 0 Å². The number of unbranched alkanes of at least 4 members (excludes halogenated alkanes) is 6. The van der Waals surface area contributed by atoms with Crippen molar-refractivity contribution in [1.29, 1.82) is 0 Å². The number of hydrogen-bond acceptors (Lipinski definition) is 23. The Labute approximate surface area is 398 Å². The number of nitrogens with zero attached hydrogens (tertiary/aromatic N) is 4. The van der Waals surface area contributed by atoms with E-state index in [2.05, 4.69) is 21.1 Å². The fourth-order valence-electron chi connectivity index (χ4n) is 6.45. The van der Waals surface area contributed by atoms with Crippen LogP contribution in [0.25, 0.3) is 0 Å². The van der Waals surface area contributed by atoms with Crippen molar-refractivity contribution >= 4 is 47.5 Å². The molecule has 1 unspecified atom stereocenters. The first-order chi connectivity index (χ1) is 32.9. The minimum Gasteiger partial charge on any atom is -0.756 e. The molecule has 1 heterocycles. The summed E-state index contributed by atoms with van der Waals surface area (Å²) in [4.78, 5) is 84.5. The van der Waals surface area contributed by atoms with Crippen LogP contribution in [0.15, 0.2) is 5.16 Å². The lowest BCUT2D eigenvalue weighted by Gasteiger charge is -2.38. The monoisotopic (exact) mass is 996 g/mol. The molecule has 11 N–H and O–H groups in total. The van der Waals surface area contributed by atoms with E-state index in [9.17, 15) is 85.0 Å². The Morgan fingerprint density at radius 1 is 0.710 bits per heavy atom. The fourth-order valence-corrected chi connectivity index (χ4v) is 6.45. The number of amides is 5. The smallest absolute Gasteiger partial charge is 0.306 e. The molecule has 0 aliphatic carbocycles. The standard InChI is InChI=1S/C41H70N7O21/c1-42-26(23-50)36(58)40(62)37(59)27(24-51)68-41-35(45-63)39(61)38(60)28(69-41)25-67-34(57)16-15-33(56)48(66)20-8-3-6-18-44-29(52)11-13-31(54)46(64)19-7-2-5-17-43-30(53)12-14-32(55)47(65)21-9-4-10-22-49/h24,26-28,36-42,49-50,58-63H,2-23,25H2,1H3,(H,43,53)(H,44,52)/q-3/b45-35+/t26?,27-,28+,36+,37+,38+,39+,40+,41-/m1/s1. The number of aldehydes is 1. The maximum atomic E-state index is 12.4. The zero-order chi connectivity index (χ0) is 51.9. The highest BCUT2D eigenvalue weighted by Gasteiger charge is 2.46. The van der Waals surface area contributed by atoms with Crippen LogP contribution in [-0.2, 0) is 47.8 Å². The topological polar surface area (TPSA) is 436 Å². The van der Waals surface area contributed by atoms with Crippen molar-refractivity contribution < 1.29 is 88.7 Å². The molecule has 1 fully saturated rings. The van der Waals surface area contributed by atoms with Gasteiger partial charge in [-0.2, -0.15) is 0 Å². The molecule has 0 saturated carbocycles. The first-order valence-electron chi connectivity index (χ1n) is 22.8. The first-order valence-corrected chi connectivity index (χ1v) is 22.8. The maximum Gasteiger partial charge on any atom is 0.306 e. The molecule has 69 heavy (non-hydrogen) atoms. The quantitative estimate of drug-likeness (QED) is 0.00932. The average Bonchev–Trinajstić information content (AvgIpc) is 3.34. The molecule has 1 rings (SSSR count). The van der Waals surface area contributed by atoms with Gasteiger partial charge in [-0.3, -0.25) is 28.8 Å². The number of aliphatic hydroxyl groups is 7. The van der Waals surface area contributed by atoms with Crippen molar-refractivity contribution in [3.63, 3.8) is 0 Å². The van der Waals surface area contributed by atoms with E-state index < -0.39 is 122 Å². The number of oxime groups is 1. The van der Waals surface area contributed by atoms with Gasteiger partial charge in [0, 0.05) is 71.4 Å². The van der Waals surface area contributed by atoms with Gasteiger partial charge in [0.25, 0.3) is 0 Å². The zero-order valence-corrected chi connectivity index (χ0v) is 38.7. The summed E-state index contributed by atoms with van der Waals surface area (Å²) in [6, 6.07) is -1.13. The molecule has 9 atom stereocenters. The molecule has 0 spiro atoms. The van der Waals surface area contributed by atoms with Crippen molar-refractivity contribution in [2.45, 2.75) is 151 Å². The molecule has 0 radical (unpaired) electrons. The number of aliphatic hydroxyl groups excluding tert-OH is 7. The third-order valence-corrected chi connectivity index (χ3v) is 10.8. The number of likely N-dealkylation sites (N-methyl/N-ethyl adjacent to an activating group) is 1. The Balaban J connectivity index is 2.29. The predicted octanol–water partition coefficient (Wildman–Crippen LogP) is -3.89. The minimum absolute atomic E-state index is 0.00252. The highest BCUT2D eigenvalue weighted by molar-refractivity contribution is 5.92. The van der Waals surface area contributed by atoms with Crippen LogP contribution in [0.1, 0.15) is 96.3 Å². The van der Waals surface area contributed by atoms with Gasteiger partial charge >= 0.3 is 5.97 Å². The summed E-state index contributed by atoms with van der Waals surface area (Å²) in [5, 5.41) is 127. The number of hydrogen-bond donors (Lipinski definition) is 11. The summed E-state index contributed by atoms with van der Waals surface area (Å²) in [6.45, 7) is -1.32. The van der Waals surface area contributed by atoms with Crippen molar-refractivity contribution in [3.05, 3.63) is 15.6 Å². The third kappa shape index (κ3) is 24.2. The van der Waals surface area contributed by atoms with Gasteiger partial charge in [-0.05, 0) is 64.8 Å². The molecule has 1 aliphatic heterocycles. The third-order valence-electron chi connectivity index (χ3n) is 10.8. The van der Waals surface area contributed by atoms with Gasteiger partial charge in [0.05, 0.1) is 19.1 Å². The summed E-state index contributed by atoms with van der Waals surface area (Å²) in [5.41, 5.74) is -0.779. The summed E-state index contributed by atoms with van der Waals surface area (Å²) < 4.78 is 15.7. The van der Waals surface area contributed by atoms with Crippen LogP contribution in [-0.4, -0.2) is 218 Å². The number of rotatable bonds is 37. The second-order valence-electron chi connectivity index (χ2n) is 16.0.